The molecule has 1 N–H and O–H groups in total. The van der Waals surface area contributed by atoms with E-state index in [1.807, 2.05) is 30.0 Å². The fourth-order valence-electron chi connectivity index (χ4n) is 3.01. The zero-order chi connectivity index (χ0) is 15.4. The molecule has 0 saturated carbocycles. The standard InChI is InChI=1S/C18H23NO2/c1-4-17-10-8-14(3)19(17)18(21)16-9-7-13(2)15(12-16)6-5-11-20/h7,9,12,14,17,20H,4,8,10-11H2,1-3H3. The highest BCUT2D eigenvalue weighted by atomic mass is 16.2. The van der Waals surface area contributed by atoms with Crippen molar-refractivity contribution in [2.45, 2.75) is 52.1 Å². The van der Waals surface area contributed by atoms with Crippen LogP contribution in [-0.4, -0.2) is 34.6 Å². The molecule has 1 aliphatic heterocycles. The minimum Gasteiger partial charge on any atom is -0.384 e. The molecule has 1 heterocycles. The molecule has 0 spiro atoms. The van der Waals surface area contributed by atoms with E-state index in [1.54, 1.807) is 0 Å². The van der Waals surface area contributed by atoms with Crippen LogP contribution in [0.1, 0.15) is 54.6 Å². The Morgan fingerprint density at radius 2 is 2.19 bits per heavy atom. The predicted octanol–water partition coefficient (Wildman–Crippen LogP) is 2.74. The SMILES string of the molecule is CCC1CCC(C)N1C(=O)c1ccc(C)c(C#CCO)c1. The van der Waals surface area contributed by atoms with E-state index in [-0.39, 0.29) is 12.5 Å². The second-order valence-corrected chi connectivity index (χ2v) is 5.69. The van der Waals surface area contributed by atoms with Crippen LogP contribution in [0, 0.1) is 18.8 Å². The second kappa shape index (κ2) is 6.78. The lowest BCUT2D eigenvalue weighted by Gasteiger charge is -2.28. The number of hydrogen-bond acceptors (Lipinski definition) is 2. The molecule has 1 fully saturated rings. The van der Waals surface area contributed by atoms with Gasteiger partial charge in [-0.2, -0.15) is 0 Å². The Bertz CT molecular complexity index is 583. The lowest BCUT2D eigenvalue weighted by molar-refractivity contribution is 0.0676. The van der Waals surface area contributed by atoms with Crippen LogP contribution >= 0.6 is 0 Å². The molecule has 1 aromatic rings. The normalized spacial score (nSPS) is 21.0. The summed E-state index contributed by atoms with van der Waals surface area (Å²) in [6, 6.07) is 6.30. The van der Waals surface area contributed by atoms with Gasteiger partial charge in [-0.1, -0.05) is 24.8 Å². The van der Waals surface area contributed by atoms with Gasteiger partial charge in [-0.15, -0.1) is 0 Å². The average molecular weight is 285 g/mol. The van der Waals surface area contributed by atoms with Gasteiger partial charge in [0.25, 0.3) is 5.91 Å². The highest BCUT2D eigenvalue weighted by Gasteiger charge is 2.33. The van der Waals surface area contributed by atoms with Gasteiger partial charge in [-0.3, -0.25) is 4.79 Å². The Labute approximate surface area is 127 Å². The van der Waals surface area contributed by atoms with Crippen LogP contribution in [0.5, 0.6) is 0 Å². The maximum atomic E-state index is 12.8. The Morgan fingerprint density at radius 1 is 1.43 bits per heavy atom. The molecule has 2 atom stereocenters. The monoisotopic (exact) mass is 285 g/mol. The number of benzene rings is 1. The van der Waals surface area contributed by atoms with Crippen molar-refractivity contribution in [1.82, 2.24) is 4.90 Å². The summed E-state index contributed by atoms with van der Waals surface area (Å²) in [6.07, 6.45) is 3.17. The van der Waals surface area contributed by atoms with Crippen molar-refractivity contribution < 1.29 is 9.90 Å². The van der Waals surface area contributed by atoms with Gasteiger partial charge in [-0.05, 0) is 50.8 Å². The summed E-state index contributed by atoms with van der Waals surface area (Å²) in [5.74, 6) is 5.66. The third-order valence-electron chi connectivity index (χ3n) is 4.28. The largest absolute Gasteiger partial charge is 0.384 e. The molecule has 0 aliphatic carbocycles. The van der Waals surface area contributed by atoms with E-state index in [0.717, 1.165) is 30.4 Å². The van der Waals surface area contributed by atoms with Gasteiger partial charge < -0.3 is 10.0 Å². The number of rotatable bonds is 2. The van der Waals surface area contributed by atoms with E-state index in [2.05, 4.69) is 25.7 Å². The summed E-state index contributed by atoms with van der Waals surface area (Å²) in [6.45, 7) is 6.05. The number of hydrogen-bond donors (Lipinski definition) is 1. The van der Waals surface area contributed by atoms with Crippen LogP contribution in [0.3, 0.4) is 0 Å². The topological polar surface area (TPSA) is 40.5 Å². The number of carbonyl (C=O) groups is 1. The van der Waals surface area contributed by atoms with Gasteiger partial charge in [0, 0.05) is 23.2 Å². The first-order valence-corrected chi connectivity index (χ1v) is 7.61. The molecule has 21 heavy (non-hydrogen) atoms. The zero-order valence-electron chi connectivity index (χ0n) is 13.0. The molecule has 1 aliphatic rings. The number of nitrogens with zero attached hydrogens (tertiary/aromatic N) is 1. The maximum absolute atomic E-state index is 12.8. The van der Waals surface area contributed by atoms with Crippen LogP contribution in [0.15, 0.2) is 18.2 Å². The maximum Gasteiger partial charge on any atom is 0.254 e. The van der Waals surface area contributed by atoms with Crippen molar-refractivity contribution in [1.29, 1.82) is 0 Å². The van der Waals surface area contributed by atoms with E-state index in [9.17, 15) is 4.79 Å². The quantitative estimate of drug-likeness (QED) is 0.849. The molecule has 0 radical (unpaired) electrons. The Morgan fingerprint density at radius 3 is 2.86 bits per heavy atom. The third-order valence-corrected chi connectivity index (χ3v) is 4.28. The molecule has 0 aromatic heterocycles. The zero-order valence-corrected chi connectivity index (χ0v) is 13.0. The number of carbonyl (C=O) groups excluding carboxylic acids is 1. The number of likely N-dealkylation sites (tertiary alicyclic amines) is 1. The van der Waals surface area contributed by atoms with Gasteiger partial charge >= 0.3 is 0 Å². The van der Waals surface area contributed by atoms with Crippen molar-refractivity contribution in [3.63, 3.8) is 0 Å². The average Bonchev–Trinajstić information content (AvgIpc) is 2.86. The van der Waals surface area contributed by atoms with Crippen molar-refractivity contribution in [2.24, 2.45) is 0 Å². The fourth-order valence-corrected chi connectivity index (χ4v) is 3.01. The molecule has 1 saturated heterocycles. The van der Waals surface area contributed by atoms with Crippen LogP contribution in [-0.2, 0) is 0 Å². The van der Waals surface area contributed by atoms with Crippen LogP contribution in [0.25, 0.3) is 0 Å². The second-order valence-electron chi connectivity index (χ2n) is 5.69. The summed E-state index contributed by atoms with van der Waals surface area (Å²) in [7, 11) is 0. The van der Waals surface area contributed by atoms with Gasteiger partial charge in [0.2, 0.25) is 0 Å². The summed E-state index contributed by atoms with van der Waals surface area (Å²) in [5.41, 5.74) is 2.53. The summed E-state index contributed by atoms with van der Waals surface area (Å²) in [4.78, 5) is 14.8. The lowest BCUT2D eigenvalue weighted by atomic mass is 10.0. The van der Waals surface area contributed by atoms with E-state index in [4.69, 9.17) is 5.11 Å². The smallest absolute Gasteiger partial charge is 0.254 e. The molecule has 2 unspecified atom stereocenters. The van der Waals surface area contributed by atoms with Gasteiger partial charge in [0.1, 0.15) is 6.61 Å². The molecule has 3 nitrogen and oxygen atoms in total. The first-order chi connectivity index (χ1) is 10.1. The lowest BCUT2D eigenvalue weighted by Crippen LogP contribution is -2.39. The molecular weight excluding hydrogens is 262 g/mol. The van der Waals surface area contributed by atoms with Crippen LogP contribution in [0.4, 0.5) is 0 Å². The molecule has 112 valence electrons. The molecular formula is C18H23NO2. The third kappa shape index (κ3) is 3.28. The van der Waals surface area contributed by atoms with Gasteiger partial charge in [0.15, 0.2) is 0 Å². The van der Waals surface area contributed by atoms with Crippen LogP contribution in [0.2, 0.25) is 0 Å². The molecule has 1 amide bonds. The first-order valence-electron chi connectivity index (χ1n) is 7.61. The number of aliphatic hydroxyl groups excluding tert-OH is 1. The van der Waals surface area contributed by atoms with E-state index in [1.165, 1.54) is 0 Å². The summed E-state index contributed by atoms with van der Waals surface area (Å²) < 4.78 is 0. The summed E-state index contributed by atoms with van der Waals surface area (Å²) in [5, 5.41) is 8.82. The predicted molar refractivity (Wildman–Crippen MR) is 84.1 cm³/mol. The van der Waals surface area contributed by atoms with Gasteiger partial charge in [0.05, 0.1) is 0 Å². The van der Waals surface area contributed by atoms with Gasteiger partial charge in [-0.25, -0.2) is 0 Å². The van der Waals surface area contributed by atoms with E-state index in [0.29, 0.717) is 17.6 Å². The Balaban J connectivity index is 2.31. The Hall–Kier alpha value is -1.79. The number of aryl methyl sites for hydroxylation is 1. The Kier molecular flexibility index (Phi) is 5.03. The molecule has 3 heteroatoms. The highest BCUT2D eigenvalue weighted by Crippen LogP contribution is 2.28. The number of amides is 1. The number of aliphatic hydroxyl groups is 1. The minimum absolute atomic E-state index is 0.0962. The molecule has 2 rings (SSSR count). The molecule has 0 bridgehead atoms. The fraction of sp³-hybridized carbons (Fsp3) is 0.500. The minimum atomic E-state index is -0.168. The van der Waals surface area contributed by atoms with Crippen LogP contribution < -0.4 is 0 Å². The van der Waals surface area contributed by atoms with E-state index >= 15 is 0 Å². The highest BCUT2D eigenvalue weighted by molar-refractivity contribution is 5.95. The van der Waals surface area contributed by atoms with E-state index < -0.39 is 0 Å². The van der Waals surface area contributed by atoms with Crippen molar-refractivity contribution in [3.05, 3.63) is 34.9 Å². The molecule has 1 aromatic carbocycles. The summed E-state index contributed by atoms with van der Waals surface area (Å²) >= 11 is 0. The van der Waals surface area contributed by atoms with Crippen molar-refractivity contribution in [3.8, 4) is 11.8 Å². The first kappa shape index (κ1) is 15.6. The van der Waals surface area contributed by atoms with Crippen molar-refractivity contribution >= 4 is 5.91 Å². The van der Waals surface area contributed by atoms with Crippen molar-refractivity contribution in [2.75, 3.05) is 6.61 Å².